The van der Waals surface area contributed by atoms with Crippen LogP contribution in [0.1, 0.15) is 33.3 Å². The van der Waals surface area contributed by atoms with Crippen LogP contribution in [0.25, 0.3) is 0 Å². The molecular formula is C16H27NO3. The first-order valence-corrected chi connectivity index (χ1v) is 7.01. The predicted octanol–water partition coefficient (Wildman–Crippen LogP) is 2.78. The average molecular weight is 281 g/mol. The second-order valence-electron chi connectivity index (χ2n) is 5.98. The van der Waals surface area contributed by atoms with Gasteiger partial charge in [-0.3, -0.25) is 0 Å². The molecule has 4 nitrogen and oxygen atoms in total. The number of hydrogen-bond acceptors (Lipinski definition) is 4. The highest BCUT2D eigenvalue weighted by Gasteiger charge is 2.11. The maximum atomic E-state index is 5.82. The molecule has 1 aromatic carbocycles. The van der Waals surface area contributed by atoms with E-state index < -0.39 is 0 Å². The van der Waals surface area contributed by atoms with Crippen molar-refractivity contribution in [2.45, 2.75) is 45.8 Å². The largest absolute Gasteiger partial charge is 0.493 e. The summed E-state index contributed by atoms with van der Waals surface area (Å²) in [7, 11) is 1.64. The minimum atomic E-state index is -0.149. The Kier molecular flexibility index (Phi) is 6.30. The molecule has 0 heterocycles. The number of hydrogen-bond donors (Lipinski definition) is 1. The first kappa shape index (κ1) is 16.8. The van der Waals surface area contributed by atoms with Crippen LogP contribution in [0.15, 0.2) is 18.2 Å². The molecule has 0 fully saturated rings. The summed E-state index contributed by atoms with van der Waals surface area (Å²) in [6, 6.07) is 6.04. The normalized spacial score (nSPS) is 13.1. The third-order valence-electron chi connectivity index (χ3n) is 2.66. The quantitative estimate of drug-likeness (QED) is 0.781. The summed E-state index contributed by atoms with van der Waals surface area (Å²) in [6.45, 7) is 9.10. The molecule has 1 rings (SSSR count). The van der Waals surface area contributed by atoms with E-state index in [9.17, 15) is 0 Å². The van der Waals surface area contributed by atoms with Crippen LogP contribution in [-0.4, -0.2) is 32.0 Å². The summed E-state index contributed by atoms with van der Waals surface area (Å²) in [6.07, 6.45) is 0.818. The van der Waals surface area contributed by atoms with E-state index in [1.54, 1.807) is 7.11 Å². The van der Waals surface area contributed by atoms with Crippen molar-refractivity contribution in [3.63, 3.8) is 0 Å². The van der Waals surface area contributed by atoms with E-state index in [1.165, 1.54) is 0 Å². The molecule has 0 saturated carbocycles. The second-order valence-corrected chi connectivity index (χ2v) is 5.98. The fraction of sp³-hybridized carbons (Fsp3) is 0.625. The molecule has 4 heteroatoms. The van der Waals surface area contributed by atoms with Gasteiger partial charge in [-0.15, -0.1) is 0 Å². The van der Waals surface area contributed by atoms with Crippen molar-refractivity contribution in [2.24, 2.45) is 5.73 Å². The van der Waals surface area contributed by atoms with E-state index in [0.717, 1.165) is 23.5 Å². The molecule has 1 atom stereocenters. The van der Waals surface area contributed by atoms with E-state index in [0.29, 0.717) is 13.2 Å². The van der Waals surface area contributed by atoms with Crippen molar-refractivity contribution in [1.29, 1.82) is 0 Å². The number of nitrogens with two attached hydrogens (primary N) is 1. The molecule has 0 aliphatic heterocycles. The third kappa shape index (κ3) is 6.26. The number of ether oxygens (including phenoxy) is 3. The second kappa shape index (κ2) is 7.50. The number of rotatable bonds is 7. The average Bonchev–Trinajstić information content (AvgIpc) is 2.33. The lowest BCUT2D eigenvalue weighted by Gasteiger charge is -2.20. The van der Waals surface area contributed by atoms with Gasteiger partial charge in [0.25, 0.3) is 0 Å². The molecule has 2 N–H and O–H groups in total. The molecule has 0 saturated heterocycles. The van der Waals surface area contributed by atoms with Crippen LogP contribution in [0, 0.1) is 0 Å². The van der Waals surface area contributed by atoms with Gasteiger partial charge < -0.3 is 19.9 Å². The zero-order chi connectivity index (χ0) is 15.2. The predicted molar refractivity (Wildman–Crippen MR) is 81.5 cm³/mol. The van der Waals surface area contributed by atoms with Crippen LogP contribution in [0.5, 0.6) is 11.5 Å². The van der Waals surface area contributed by atoms with Crippen LogP contribution in [-0.2, 0) is 11.2 Å². The van der Waals surface area contributed by atoms with Crippen LogP contribution in [0.4, 0.5) is 0 Å². The van der Waals surface area contributed by atoms with Crippen molar-refractivity contribution in [3.05, 3.63) is 23.8 Å². The molecule has 0 bridgehead atoms. The molecule has 0 aromatic heterocycles. The van der Waals surface area contributed by atoms with Gasteiger partial charge in [-0.25, -0.2) is 0 Å². The minimum Gasteiger partial charge on any atom is -0.493 e. The zero-order valence-electron chi connectivity index (χ0n) is 13.2. The zero-order valence-corrected chi connectivity index (χ0v) is 13.2. The van der Waals surface area contributed by atoms with Crippen molar-refractivity contribution < 1.29 is 14.2 Å². The Bertz CT molecular complexity index is 411. The maximum absolute atomic E-state index is 5.82. The SMILES string of the molecule is COc1ccc(CC(C)N)cc1OCCOC(C)(C)C. The highest BCUT2D eigenvalue weighted by atomic mass is 16.5. The molecule has 0 spiro atoms. The van der Waals surface area contributed by atoms with Crippen molar-refractivity contribution in [2.75, 3.05) is 20.3 Å². The molecule has 1 unspecified atom stereocenters. The highest BCUT2D eigenvalue weighted by Crippen LogP contribution is 2.28. The molecular weight excluding hydrogens is 254 g/mol. The molecule has 114 valence electrons. The van der Waals surface area contributed by atoms with Gasteiger partial charge in [-0.1, -0.05) is 6.07 Å². The fourth-order valence-corrected chi connectivity index (χ4v) is 1.83. The van der Waals surface area contributed by atoms with Crippen LogP contribution in [0.3, 0.4) is 0 Å². The Morgan fingerprint density at radius 1 is 1.15 bits per heavy atom. The van der Waals surface area contributed by atoms with Gasteiger partial charge in [-0.05, 0) is 51.8 Å². The van der Waals surface area contributed by atoms with Gasteiger partial charge in [0.1, 0.15) is 6.61 Å². The summed E-state index contributed by atoms with van der Waals surface area (Å²) < 4.78 is 16.7. The fourth-order valence-electron chi connectivity index (χ4n) is 1.83. The van der Waals surface area contributed by atoms with Crippen LogP contribution >= 0.6 is 0 Å². The minimum absolute atomic E-state index is 0.125. The summed E-state index contributed by atoms with van der Waals surface area (Å²) in [5.41, 5.74) is 6.82. The lowest BCUT2D eigenvalue weighted by atomic mass is 10.1. The molecule has 1 aromatic rings. The highest BCUT2D eigenvalue weighted by molar-refractivity contribution is 5.43. The molecule has 0 radical (unpaired) electrons. The topological polar surface area (TPSA) is 53.7 Å². The Morgan fingerprint density at radius 3 is 2.40 bits per heavy atom. The van der Waals surface area contributed by atoms with Crippen LogP contribution in [0.2, 0.25) is 0 Å². The summed E-state index contributed by atoms with van der Waals surface area (Å²) in [4.78, 5) is 0. The third-order valence-corrected chi connectivity index (χ3v) is 2.66. The van der Waals surface area contributed by atoms with E-state index >= 15 is 0 Å². The van der Waals surface area contributed by atoms with Crippen molar-refractivity contribution >= 4 is 0 Å². The maximum Gasteiger partial charge on any atom is 0.161 e. The van der Waals surface area contributed by atoms with E-state index in [2.05, 4.69) is 0 Å². The van der Waals surface area contributed by atoms with Gasteiger partial charge in [0.2, 0.25) is 0 Å². The Morgan fingerprint density at radius 2 is 1.85 bits per heavy atom. The molecule has 20 heavy (non-hydrogen) atoms. The summed E-state index contributed by atoms with van der Waals surface area (Å²) in [5.74, 6) is 1.47. The lowest BCUT2D eigenvalue weighted by Crippen LogP contribution is -2.22. The van der Waals surface area contributed by atoms with E-state index in [-0.39, 0.29) is 11.6 Å². The van der Waals surface area contributed by atoms with Crippen LogP contribution < -0.4 is 15.2 Å². The first-order valence-electron chi connectivity index (χ1n) is 7.01. The summed E-state index contributed by atoms with van der Waals surface area (Å²) in [5, 5.41) is 0. The first-order chi connectivity index (χ1) is 9.31. The number of benzene rings is 1. The van der Waals surface area contributed by atoms with Crippen molar-refractivity contribution in [1.82, 2.24) is 0 Å². The van der Waals surface area contributed by atoms with Gasteiger partial charge in [0.15, 0.2) is 11.5 Å². The smallest absolute Gasteiger partial charge is 0.161 e. The van der Waals surface area contributed by atoms with Gasteiger partial charge in [0, 0.05) is 6.04 Å². The molecule has 0 aliphatic carbocycles. The Balaban J connectivity index is 2.61. The van der Waals surface area contributed by atoms with E-state index in [1.807, 2.05) is 45.9 Å². The van der Waals surface area contributed by atoms with Gasteiger partial charge in [0.05, 0.1) is 19.3 Å². The Hall–Kier alpha value is -1.26. The van der Waals surface area contributed by atoms with Crippen molar-refractivity contribution in [3.8, 4) is 11.5 Å². The molecule has 0 amide bonds. The monoisotopic (exact) mass is 281 g/mol. The van der Waals surface area contributed by atoms with Gasteiger partial charge >= 0.3 is 0 Å². The molecule has 0 aliphatic rings. The lowest BCUT2D eigenvalue weighted by molar-refractivity contribution is -0.0165. The Labute approximate surface area is 122 Å². The standard InChI is InChI=1S/C16H27NO3/c1-12(17)10-13-6-7-14(18-5)15(11-13)19-8-9-20-16(2,3)4/h6-7,11-12H,8-10,17H2,1-5H3. The van der Waals surface area contributed by atoms with Gasteiger partial charge in [-0.2, -0.15) is 0 Å². The summed E-state index contributed by atoms with van der Waals surface area (Å²) >= 11 is 0. The van der Waals surface area contributed by atoms with E-state index in [4.69, 9.17) is 19.9 Å². The number of methoxy groups -OCH3 is 1.